The van der Waals surface area contributed by atoms with Crippen molar-refractivity contribution in [2.75, 3.05) is 13.7 Å². The van der Waals surface area contributed by atoms with Crippen LogP contribution in [0.1, 0.15) is 57.1 Å². The number of hydrogen-bond acceptors (Lipinski definition) is 3. The molecule has 3 aliphatic rings. The van der Waals surface area contributed by atoms with E-state index in [2.05, 4.69) is 30.9 Å². The van der Waals surface area contributed by atoms with Crippen LogP contribution in [0.3, 0.4) is 0 Å². The molecule has 142 valence electrons. The zero-order chi connectivity index (χ0) is 18.5. The van der Waals surface area contributed by atoms with Crippen LogP contribution in [0.2, 0.25) is 0 Å². The summed E-state index contributed by atoms with van der Waals surface area (Å²) in [7, 11) is 1.76. The second kappa shape index (κ2) is 6.35. The van der Waals surface area contributed by atoms with E-state index in [0.29, 0.717) is 25.0 Å². The highest BCUT2D eigenvalue weighted by atomic mass is 16.5. The van der Waals surface area contributed by atoms with E-state index in [4.69, 9.17) is 4.74 Å². The first-order chi connectivity index (χ1) is 12.4. The Bertz CT molecular complexity index is 692. The lowest BCUT2D eigenvalue weighted by Gasteiger charge is -2.59. The van der Waals surface area contributed by atoms with Crippen LogP contribution in [-0.2, 0) is 21.6 Å². The predicted octanol–water partition coefficient (Wildman–Crippen LogP) is 3.26. The van der Waals surface area contributed by atoms with Gasteiger partial charge in [-0.1, -0.05) is 38.1 Å². The Hall–Kier alpha value is -1.39. The molecular weight excluding hydrogens is 326 g/mol. The third kappa shape index (κ3) is 2.53. The lowest BCUT2D eigenvalue weighted by Crippen LogP contribution is -2.66. The number of benzene rings is 1. The summed E-state index contributed by atoms with van der Waals surface area (Å²) in [6.45, 7) is 4.92. The van der Waals surface area contributed by atoms with Gasteiger partial charge in [-0.3, -0.25) is 4.79 Å². The van der Waals surface area contributed by atoms with Gasteiger partial charge in [-0.05, 0) is 49.7 Å². The predicted molar refractivity (Wildman–Crippen MR) is 101 cm³/mol. The minimum absolute atomic E-state index is 0.0591. The van der Waals surface area contributed by atoms with Crippen LogP contribution in [0.5, 0.6) is 0 Å². The van der Waals surface area contributed by atoms with Crippen LogP contribution < -0.4 is 0 Å². The van der Waals surface area contributed by atoms with Crippen molar-refractivity contribution in [3.05, 3.63) is 35.4 Å². The number of ether oxygens (including phenoxy) is 1. The van der Waals surface area contributed by atoms with Gasteiger partial charge in [0.05, 0.1) is 11.7 Å². The molecule has 4 rings (SSSR count). The van der Waals surface area contributed by atoms with E-state index in [1.165, 1.54) is 5.56 Å². The van der Waals surface area contributed by atoms with Gasteiger partial charge < -0.3 is 14.7 Å². The molecule has 0 spiro atoms. The molecule has 4 nitrogen and oxygen atoms in total. The van der Waals surface area contributed by atoms with Crippen molar-refractivity contribution in [1.29, 1.82) is 0 Å². The molecule has 4 heteroatoms. The van der Waals surface area contributed by atoms with Crippen molar-refractivity contribution in [3.8, 4) is 0 Å². The molecule has 2 aliphatic carbocycles. The number of carbonyl (C=O) groups excluding carboxylic acids is 1. The van der Waals surface area contributed by atoms with Crippen LogP contribution >= 0.6 is 0 Å². The Morgan fingerprint density at radius 1 is 1.19 bits per heavy atom. The molecule has 1 N–H and O–H groups in total. The van der Waals surface area contributed by atoms with Crippen molar-refractivity contribution in [1.82, 2.24) is 4.90 Å². The van der Waals surface area contributed by atoms with Gasteiger partial charge >= 0.3 is 0 Å². The number of carbonyl (C=O) groups is 1. The number of fused-ring (bicyclic) bond motifs is 4. The molecule has 0 aromatic heterocycles. The number of piperidine rings is 1. The van der Waals surface area contributed by atoms with Gasteiger partial charge in [0.1, 0.15) is 0 Å². The van der Waals surface area contributed by atoms with Gasteiger partial charge in [-0.2, -0.15) is 0 Å². The SMILES string of the molecule is COC1CCC(C(=O)N2CCC3(O)c4ccccc4CC2C3(C)C)CC1. The lowest BCUT2D eigenvalue weighted by atomic mass is 9.56. The maximum absolute atomic E-state index is 13.4. The minimum Gasteiger partial charge on any atom is -0.384 e. The first-order valence-electron chi connectivity index (χ1n) is 10.0. The Morgan fingerprint density at radius 2 is 1.88 bits per heavy atom. The number of rotatable bonds is 2. The fourth-order valence-electron chi connectivity index (χ4n) is 5.63. The molecule has 1 aromatic carbocycles. The molecule has 0 radical (unpaired) electrons. The van der Waals surface area contributed by atoms with Crippen LogP contribution in [0.15, 0.2) is 24.3 Å². The van der Waals surface area contributed by atoms with E-state index < -0.39 is 5.60 Å². The monoisotopic (exact) mass is 357 g/mol. The van der Waals surface area contributed by atoms with Gasteiger partial charge in [0.2, 0.25) is 5.91 Å². The average Bonchev–Trinajstić information content (AvgIpc) is 2.64. The van der Waals surface area contributed by atoms with Crippen LogP contribution in [-0.4, -0.2) is 41.7 Å². The lowest BCUT2D eigenvalue weighted by molar-refractivity contribution is -0.180. The van der Waals surface area contributed by atoms with Crippen LogP contribution in [0.25, 0.3) is 0 Å². The van der Waals surface area contributed by atoms with E-state index in [0.717, 1.165) is 37.7 Å². The zero-order valence-electron chi connectivity index (χ0n) is 16.2. The summed E-state index contributed by atoms with van der Waals surface area (Å²) in [4.78, 5) is 15.5. The summed E-state index contributed by atoms with van der Waals surface area (Å²) >= 11 is 0. The third-order valence-corrected chi connectivity index (χ3v) is 7.51. The average molecular weight is 357 g/mol. The van der Waals surface area contributed by atoms with E-state index >= 15 is 0 Å². The Labute approximate surface area is 156 Å². The van der Waals surface area contributed by atoms with Crippen molar-refractivity contribution in [3.63, 3.8) is 0 Å². The van der Waals surface area contributed by atoms with Gasteiger partial charge in [0.15, 0.2) is 0 Å². The van der Waals surface area contributed by atoms with Crippen molar-refractivity contribution >= 4 is 5.91 Å². The fraction of sp³-hybridized carbons (Fsp3) is 0.682. The Morgan fingerprint density at radius 3 is 2.58 bits per heavy atom. The number of likely N-dealkylation sites (tertiary alicyclic amines) is 1. The second-order valence-electron chi connectivity index (χ2n) is 8.95. The van der Waals surface area contributed by atoms with E-state index in [9.17, 15) is 9.90 Å². The van der Waals surface area contributed by atoms with Gasteiger partial charge in [-0.15, -0.1) is 0 Å². The molecule has 1 amide bonds. The number of nitrogens with zero attached hydrogens (tertiary/aromatic N) is 1. The second-order valence-corrected chi connectivity index (χ2v) is 8.95. The van der Waals surface area contributed by atoms with E-state index in [1.807, 2.05) is 12.1 Å². The molecule has 1 heterocycles. The molecule has 1 aromatic rings. The minimum atomic E-state index is -0.850. The first-order valence-corrected chi connectivity index (χ1v) is 10.0. The number of aliphatic hydroxyl groups is 1. The molecule has 1 aliphatic heterocycles. The maximum Gasteiger partial charge on any atom is 0.225 e. The summed E-state index contributed by atoms with van der Waals surface area (Å²) in [5.74, 6) is 0.402. The summed E-state index contributed by atoms with van der Waals surface area (Å²) < 4.78 is 5.46. The third-order valence-electron chi connectivity index (χ3n) is 7.51. The molecule has 26 heavy (non-hydrogen) atoms. The molecule has 2 fully saturated rings. The standard InChI is InChI=1S/C22H31NO3/c1-21(2)19-14-16-6-4-5-7-18(16)22(21,25)12-13-23(19)20(24)15-8-10-17(26-3)11-9-15/h4-7,15,17,19,25H,8-14H2,1-3H3. The summed E-state index contributed by atoms with van der Waals surface area (Å²) in [5, 5.41) is 11.6. The normalized spacial score (nSPS) is 35.7. The highest BCUT2D eigenvalue weighted by Gasteiger charge is 2.58. The quantitative estimate of drug-likeness (QED) is 0.884. The Kier molecular flexibility index (Phi) is 4.39. The van der Waals surface area contributed by atoms with E-state index in [1.54, 1.807) is 7.11 Å². The zero-order valence-corrected chi connectivity index (χ0v) is 16.2. The number of hydrogen-bond donors (Lipinski definition) is 1. The van der Waals surface area contributed by atoms with Gasteiger partial charge in [-0.25, -0.2) is 0 Å². The topological polar surface area (TPSA) is 49.8 Å². The molecule has 1 saturated carbocycles. The summed E-state index contributed by atoms with van der Waals surface area (Å²) in [6.07, 6.45) is 5.55. The Balaban J connectivity index is 1.61. The summed E-state index contributed by atoms with van der Waals surface area (Å²) in [6, 6.07) is 8.29. The fourth-order valence-corrected chi connectivity index (χ4v) is 5.63. The first kappa shape index (κ1) is 18.0. The van der Waals surface area contributed by atoms with Gasteiger partial charge in [0, 0.05) is 31.0 Å². The molecule has 2 bridgehead atoms. The van der Waals surface area contributed by atoms with E-state index in [-0.39, 0.29) is 17.4 Å². The van der Waals surface area contributed by atoms with Crippen LogP contribution in [0.4, 0.5) is 0 Å². The summed E-state index contributed by atoms with van der Waals surface area (Å²) in [5.41, 5.74) is 1.06. The largest absolute Gasteiger partial charge is 0.384 e. The number of methoxy groups -OCH3 is 1. The van der Waals surface area contributed by atoms with Gasteiger partial charge in [0.25, 0.3) is 0 Å². The van der Waals surface area contributed by atoms with Crippen molar-refractivity contribution in [2.24, 2.45) is 11.3 Å². The van der Waals surface area contributed by atoms with Crippen molar-refractivity contribution in [2.45, 2.75) is 70.1 Å². The molecule has 1 saturated heterocycles. The smallest absolute Gasteiger partial charge is 0.225 e. The highest BCUT2D eigenvalue weighted by Crippen LogP contribution is 2.54. The number of amides is 1. The molecule has 2 unspecified atom stereocenters. The maximum atomic E-state index is 13.4. The highest BCUT2D eigenvalue weighted by molar-refractivity contribution is 5.80. The molecular formula is C22H31NO3. The van der Waals surface area contributed by atoms with Crippen molar-refractivity contribution < 1.29 is 14.6 Å². The molecule has 2 atom stereocenters. The van der Waals surface area contributed by atoms with Crippen LogP contribution in [0, 0.1) is 11.3 Å².